The first-order valence-corrected chi connectivity index (χ1v) is 15.5. The minimum absolute atomic E-state index is 0.105. The second-order valence-corrected chi connectivity index (χ2v) is 13.1. The SMILES string of the molecule is COc1cc(-c2cnc3c(c2)c(-c2ccc(C(=O)N(C)C)cc2)cn3S(=O)(=O)c2ccc(C)cc2)cc2c1CCN(C)C2. The standard InChI is InChI=1S/C34H34N4O4S/c1-22-6-12-28(13-7-22)43(40,41)38-21-31(23-8-10-24(11-9-23)34(39)36(2)3)30-17-26(19-35-33(30)38)25-16-27-20-37(4)15-14-29(27)32(18-25)42-5/h6-13,16-19,21H,14-15,20H2,1-5H3. The molecule has 1 amide bonds. The Morgan fingerprint density at radius 3 is 2.35 bits per heavy atom. The van der Waals surface area contributed by atoms with Gasteiger partial charge >= 0.3 is 0 Å². The Balaban J connectivity index is 1.54. The van der Waals surface area contributed by atoms with Gasteiger partial charge in [0, 0.05) is 61.7 Å². The number of fused-ring (bicyclic) bond motifs is 2. The van der Waals surface area contributed by atoms with Crippen LogP contribution in [0.2, 0.25) is 0 Å². The van der Waals surface area contributed by atoms with Gasteiger partial charge in [-0.05, 0) is 85.1 Å². The summed E-state index contributed by atoms with van der Waals surface area (Å²) in [7, 11) is 3.28. The number of aromatic nitrogens is 2. The molecular weight excluding hydrogens is 560 g/mol. The summed E-state index contributed by atoms with van der Waals surface area (Å²) in [5.41, 5.74) is 7.58. The summed E-state index contributed by atoms with van der Waals surface area (Å²) in [6, 6.07) is 20.2. The molecule has 6 rings (SSSR count). The number of likely N-dealkylation sites (N-methyl/N-ethyl adjacent to an activating group) is 1. The molecule has 43 heavy (non-hydrogen) atoms. The average molecular weight is 595 g/mol. The smallest absolute Gasteiger partial charge is 0.269 e. The molecule has 220 valence electrons. The van der Waals surface area contributed by atoms with Crippen LogP contribution in [0.5, 0.6) is 5.75 Å². The van der Waals surface area contributed by atoms with E-state index in [1.54, 1.807) is 70.0 Å². The van der Waals surface area contributed by atoms with E-state index >= 15 is 0 Å². The highest BCUT2D eigenvalue weighted by Crippen LogP contribution is 2.38. The first-order chi connectivity index (χ1) is 20.6. The number of methoxy groups -OCH3 is 1. The number of ether oxygens (including phenoxy) is 1. The zero-order valence-electron chi connectivity index (χ0n) is 25.0. The molecule has 8 nitrogen and oxygen atoms in total. The fraction of sp³-hybridized carbons (Fsp3) is 0.235. The summed E-state index contributed by atoms with van der Waals surface area (Å²) in [6.07, 6.45) is 4.27. The molecule has 0 bridgehead atoms. The van der Waals surface area contributed by atoms with Crippen molar-refractivity contribution in [3.63, 3.8) is 0 Å². The summed E-state index contributed by atoms with van der Waals surface area (Å²) in [6.45, 7) is 3.71. The van der Waals surface area contributed by atoms with Crippen LogP contribution in [0.4, 0.5) is 0 Å². The van der Waals surface area contributed by atoms with Crippen LogP contribution in [0, 0.1) is 6.92 Å². The highest BCUT2D eigenvalue weighted by atomic mass is 32.2. The zero-order valence-corrected chi connectivity index (χ0v) is 25.8. The van der Waals surface area contributed by atoms with Gasteiger partial charge in [0.05, 0.1) is 12.0 Å². The summed E-state index contributed by atoms with van der Waals surface area (Å²) in [5, 5.41) is 0.689. The Kier molecular flexibility index (Phi) is 7.31. The summed E-state index contributed by atoms with van der Waals surface area (Å²) in [5.74, 6) is 0.744. The Labute approximate surface area is 252 Å². The number of rotatable bonds is 6. The molecule has 0 saturated carbocycles. The summed E-state index contributed by atoms with van der Waals surface area (Å²) < 4.78 is 34.9. The van der Waals surface area contributed by atoms with Gasteiger partial charge < -0.3 is 14.5 Å². The zero-order chi connectivity index (χ0) is 30.5. The number of hydrogen-bond acceptors (Lipinski definition) is 6. The molecule has 3 heterocycles. The van der Waals surface area contributed by atoms with E-state index in [0.717, 1.165) is 47.5 Å². The van der Waals surface area contributed by atoms with E-state index in [9.17, 15) is 13.2 Å². The Morgan fingerprint density at radius 2 is 1.67 bits per heavy atom. The van der Waals surface area contributed by atoms with E-state index < -0.39 is 10.0 Å². The minimum Gasteiger partial charge on any atom is -0.496 e. The maximum atomic E-state index is 13.9. The van der Waals surface area contributed by atoms with Crippen LogP contribution in [0.15, 0.2) is 84.0 Å². The van der Waals surface area contributed by atoms with Gasteiger partial charge in [0.2, 0.25) is 0 Å². The molecule has 1 aliphatic heterocycles. The topological polar surface area (TPSA) is 84.7 Å². The molecule has 0 spiro atoms. The first kappa shape index (κ1) is 28.6. The van der Waals surface area contributed by atoms with Crippen LogP contribution >= 0.6 is 0 Å². The fourth-order valence-electron chi connectivity index (χ4n) is 5.67. The molecule has 2 aromatic heterocycles. The van der Waals surface area contributed by atoms with Gasteiger partial charge in [0.25, 0.3) is 15.9 Å². The molecule has 0 atom stereocenters. The van der Waals surface area contributed by atoms with Crippen molar-refractivity contribution in [3.05, 3.63) is 101 Å². The highest BCUT2D eigenvalue weighted by molar-refractivity contribution is 7.90. The predicted molar refractivity (Wildman–Crippen MR) is 169 cm³/mol. The maximum Gasteiger partial charge on any atom is 0.269 e. The van der Waals surface area contributed by atoms with Crippen LogP contribution in [0.1, 0.15) is 27.0 Å². The molecule has 0 unspecified atom stereocenters. The van der Waals surface area contributed by atoms with Crippen molar-refractivity contribution < 1.29 is 17.9 Å². The van der Waals surface area contributed by atoms with Crippen LogP contribution in [0.25, 0.3) is 33.3 Å². The Morgan fingerprint density at radius 1 is 0.953 bits per heavy atom. The van der Waals surface area contributed by atoms with Gasteiger partial charge in [-0.1, -0.05) is 29.8 Å². The van der Waals surface area contributed by atoms with Crippen molar-refractivity contribution in [2.45, 2.75) is 24.8 Å². The van der Waals surface area contributed by atoms with Crippen LogP contribution < -0.4 is 4.74 Å². The van der Waals surface area contributed by atoms with Crippen LogP contribution in [0.3, 0.4) is 0 Å². The predicted octanol–water partition coefficient (Wildman–Crippen LogP) is 5.61. The molecular formula is C34H34N4O4S. The van der Waals surface area contributed by atoms with E-state index in [2.05, 4.69) is 18.0 Å². The average Bonchev–Trinajstić information content (AvgIpc) is 3.40. The normalized spacial score (nSPS) is 13.6. The molecule has 0 radical (unpaired) electrons. The molecule has 0 aliphatic carbocycles. The molecule has 0 saturated heterocycles. The maximum absolute atomic E-state index is 13.9. The third-order valence-electron chi connectivity index (χ3n) is 8.08. The molecule has 0 N–H and O–H groups in total. The van der Waals surface area contributed by atoms with Gasteiger partial charge in [0.1, 0.15) is 5.75 Å². The minimum atomic E-state index is -3.94. The van der Waals surface area contributed by atoms with E-state index in [1.165, 1.54) is 20.0 Å². The van der Waals surface area contributed by atoms with Crippen LogP contribution in [-0.4, -0.2) is 67.9 Å². The van der Waals surface area contributed by atoms with E-state index in [0.29, 0.717) is 22.2 Å². The lowest BCUT2D eigenvalue weighted by Gasteiger charge is -2.27. The molecule has 1 aliphatic rings. The quantitative estimate of drug-likeness (QED) is 0.254. The number of benzene rings is 3. The molecule has 5 aromatic rings. The van der Waals surface area contributed by atoms with E-state index in [4.69, 9.17) is 9.72 Å². The van der Waals surface area contributed by atoms with Crippen molar-refractivity contribution in [1.29, 1.82) is 0 Å². The third-order valence-corrected chi connectivity index (χ3v) is 9.74. The monoisotopic (exact) mass is 594 g/mol. The molecule has 3 aromatic carbocycles. The number of amides is 1. The largest absolute Gasteiger partial charge is 0.496 e. The number of nitrogens with zero attached hydrogens (tertiary/aromatic N) is 4. The van der Waals surface area contributed by atoms with Crippen LogP contribution in [-0.2, 0) is 23.0 Å². The number of aryl methyl sites for hydroxylation is 1. The lowest BCUT2D eigenvalue weighted by atomic mass is 9.93. The summed E-state index contributed by atoms with van der Waals surface area (Å²) >= 11 is 0. The molecule has 0 fully saturated rings. The van der Waals surface area contributed by atoms with Gasteiger partial charge in [-0.15, -0.1) is 0 Å². The second kappa shape index (κ2) is 11.0. The lowest BCUT2D eigenvalue weighted by molar-refractivity contribution is 0.0827. The fourth-order valence-corrected chi connectivity index (χ4v) is 7.00. The highest BCUT2D eigenvalue weighted by Gasteiger charge is 2.24. The van der Waals surface area contributed by atoms with Gasteiger partial charge in [0.15, 0.2) is 5.65 Å². The Hall–Kier alpha value is -4.47. The number of carbonyl (C=O) groups is 1. The second-order valence-electron chi connectivity index (χ2n) is 11.3. The van der Waals surface area contributed by atoms with Gasteiger partial charge in [-0.25, -0.2) is 17.4 Å². The van der Waals surface area contributed by atoms with E-state index in [-0.39, 0.29) is 10.8 Å². The third kappa shape index (κ3) is 5.19. The number of pyridine rings is 1. The number of hydrogen-bond donors (Lipinski definition) is 0. The van der Waals surface area contributed by atoms with Crippen molar-refractivity contribution in [2.24, 2.45) is 0 Å². The molecule has 9 heteroatoms. The van der Waals surface area contributed by atoms with Crippen molar-refractivity contribution in [2.75, 3.05) is 34.8 Å². The number of carbonyl (C=O) groups excluding carboxylic acids is 1. The van der Waals surface area contributed by atoms with Crippen molar-refractivity contribution >= 4 is 27.0 Å². The van der Waals surface area contributed by atoms with Crippen molar-refractivity contribution in [3.8, 4) is 28.0 Å². The van der Waals surface area contributed by atoms with Gasteiger partial charge in [-0.3, -0.25) is 4.79 Å². The van der Waals surface area contributed by atoms with Gasteiger partial charge in [-0.2, -0.15) is 0 Å². The Bertz CT molecular complexity index is 1960. The van der Waals surface area contributed by atoms with Crippen molar-refractivity contribution in [1.82, 2.24) is 18.8 Å². The summed E-state index contributed by atoms with van der Waals surface area (Å²) in [4.78, 5) is 21.2. The van der Waals surface area contributed by atoms with E-state index in [1.807, 2.05) is 31.2 Å². The lowest BCUT2D eigenvalue weighted by Crippen LogP contribution is -2.26. The first-order valence-electron chi connectivity index (χ1n) is 14.1.